The topological polar surface area (TPSA) is 170 Å². The number of aldehydes is 1. The van der Waals surface area contributed by atoms with Crippen molar-refractivity contribution >= 4 is 29.9 Å². The molecule has 190 valence electrons. The van der Waals surface area contributed by atoms with Gasteiger partial charge in [-0.25, -0.2) is 9.59 Å². The molecule has 10 nitrogen and oxygen atoms in total. The Labute approximate surface area is 211 Å². The van der Waals surface area contributed by atoms with Crippen molar-refractivity contribution in [3.63, 3.8) is 0 Å². The summed E-state index contributed by atoms with van der Waals surface area (Å²) < 4.78 is 10.4. The van der Waals surface area contributed by atoms with Crippen molar-refractivity contribution in [3.8, 4) is 0 Å². The maximum absolute atomic E-state index is 13.0. The third-order valence-corrected chi connectivity index (χ3v) is 5.33. The van der Waals surface area contributed by atoms with E-state index in [0.717, 1.165) is 0 Å². The Morgan fingerprint density at radius 2 is 1.22 bits per heavy atom. The number of carbonyl (C=O) groups is 5. The maximum Gasteiger partial charge on any atom is 0.339 e. The van der Waals surface area contributed by atoms with Crippen LogP contribution in [0.25, 0.3) is 0 Å². The normalized spacial score (nSPS) is 13.9. The first kappa shape index (κ1) is 26.9. The number of rotatable bonds is 11. The Kier molecular flexibility index (Phi) is 8.98. The lowest BCUT2D eigenvalue weighted by Gasteiger charge is -2.29. The lowest BCUT2D eigenvalue weighted by Crippen LogP contribution is -2.53. The number of hydrogen-bond donors (Lipinski definition) is 3. The van der Waals surface area contributed by atoms with Crippen molar-refractivity contribution in [3.05, 3.63) is 107 Å². The van der Waals surface area contributed by atoms with E-state index in [2.05, 4.69) is 0 Å². The van der Waals surface area contributed by atoms with Gasteiger partial charge in [0, 0.05) is 11.1 Å². The van der Waals surface area contributed by atoms with Crippen LogP contribution in [0.1, 0.15) is 36.6 Å². The van der Waals surface area contributed by atoms with E-state index in [1.807, 2.05) is 0 Å². The van der Waals surface area contributed by atoms with E-state index in [0.29, 0.717) is 5.56 Å². The first-order valence-corrected chi connectivity index (χ1v) is 11.0. The molecule has 0 heterocycles. The number of ether oxygens (including phenoxy) is 2. The SMILES string of the molecule is NC(=O)[C@@H](O)[C@H](O)[C@H](OC(=O)c1ccccc1)[C@H](C=O)OC(=O)c1ccccc1C(=O)c1ccccc1. The summed E-state index contributed by atoms with van der Waals surface area (Å²) in [6.45, 7) is 0. The zero-order chi connectivity index (χ0) is 26.9. The fourth-order valence-corrected chi connectivity index (χ4v) is 3.41. The average molecular weight is 505 g/mol. The van der Waals surface area contributed by atoms with E-state index in [1.54, 1.807) is 36.4 Å². The number of aliphatic hydroxyl groups is 2. The molecule has 0 aliphatic carbocycles. The minimum atomic E-state index is -2.26. The molecule has 0 aliphatic heterocycles. The van der Waals surface area contributed by atoms with Crippen molar-refractivity contribution in [1.29, 1.82) is 0 Å². The van der Waals surface area contributed by atoms with E-state index in [-0.39, 0.29) is 23.0 Å². The summed E-state index contributed by atoms with van der Waals surface area (Å²) in [6.07, 6.45) is -8.44. The van der Waals surface area contributed by atoms with E-state index >= 15 is 0 Å². The summed E-state index contributed by atoms with van der Waals surface area (Å²) in [5.41, 5.74) is 5.11. The Morgan fingerprint density at radius 1 is 0.703 bits per heavy atom. The number of benzene rings is 3. The summed E-state index contributed by atoms with van der Waals surface area (Å²) in [5.74, 6) is -4.06. The number of primary amides is 1. The molecule has 3 aromatic carbocycles. The summed E-state index contributed by atoms with van der Waals surface area (Å²) in [4.78, 5) is 62.0. The Bertz CT molecular complexity index is 1280. The lowest BCUT2D eigenvalue weighted by molar-refractivity contribution is -0.149. The van der Waals surface area contributed by atoms with Crippen molar-refractivity contribution in [2.24, 2.45) is 5.73 Å². The maximum atomic E-state index is 13.0. The van der Waals surface area contributed by atoms with Crippen LogP contribution in [0.4, 0.5) is 0 Å². The highest BCUT2D eigenvalue weighted by Gasteiger charge is 2.41. The molecule has 0 bridgehead atoms. The zero-order valence-corrected chi connectivity index (χ0v) is 19.3. The van der Waals surface area contributed by atoms with Gasteiger partial charge in [0.05, 0.1) is 11.1 Å². The second-order valence-corrected chi connectivity index (χ2v) is 7.82. The summed E-state index contributed by atoms with van der Waals surface area (Å²) in [5, 5.41) is 20.5. The van der Waals surface area contributed by atoms with Gasteiger partial charge in [-0.15, -0.1) is 0 Å². The monoisotopic (exact) mass is 505 g/mol. The molecule has 3 rings (SSSR count). The molecular formula is C27H23NO9. The molecule has 0 unspecified atom stereocenters. The zero-order valence-electron chi connectivity index (χ0n) is 19.3. The predicted molar refractivity (Wildman–Crippen MR) is 128 cm³/mol. The van der Waals surface area contributed by atoms with Gasteiger partial charge >= 0.3 is 11.9 Å². The third-order valence-electron chi connectivity index (χ3n) is 5.33. The van der Waals surface area contributed by atoms with Crippen molar-refractivity contribution in [2.75, 3.05) is 0 Å². The molecule has 10 heteroatoms. The van der Waals surface area contributed by atoms with Crippen LogP contribution in [0, 0.1) is 0 Å². The van der Waals surface area contributed by atoms with Crippen LogP contribution < -0.4 is 5.73 Å². The molecule has 0 saturated heterocycles. The van der Waals surface area contributed by atoms with E-state index in [9.17, 15) is 34.2 Å². The van der Waals surface area contributed by atoms with Crippen LogP contribution in [0.2, 0.25) is 0 Å². The number of nitrogens with two attached hydrogens (primary N) is 1. The molecule has 3 aromatic rings. The highest BCUT2D eigenvalue weighted by Crippen LogP contribution is 2.20. The Balaban J connectivity index is 1.91. The minimum absolute atomic E-state index is 0.0167. The van der Waals surface area contributed by atoms with E-state index in [4.69, 9.17) is 15.2 Å². The molecule has 0 radical (unpaired) electrons. The predicted octanol–water partition coefficient (Wildman–Crippen LogP) is 1.07. The highest BCUT2D eigenvalue weighted by atomic mass is 16.6. The molecule has 0 fully saturated rings. The molecule has 0 aromatic heterocycles. The van der Waals surface area contributed by atoms with Gasteiger partial charge in [-0.2, -0.15) is 0 Å². The third kappa shape index (κ3) is 6.51. The molecule has 0 saturated carbocycles. The van der Waals surface area contributed by atoms with Crippen LogP contribution in [-0.4, -0.2) is 64.5 Å². The first-order valence-electron chi connectivity index (χ1n) is 11.0. The summed E-state index contributed by atoms with van der Waals surface area (Å²) >= 11 is 0. The average Bonchev–Trinajstić information content (AvgIpc) is 2.94. The van der Waals surface area contributed by atoms with Gasteiger partial charge in [-0.1, -0.05) is 66.7 Å². The molecule has 37 heavy (non-hydrogen) atoms. The number of carbonyl (C=O) groups excluding carboxylic acids is 5. The Morgan fingerprint density at radius 3 is 1.76 bits per heavy atom. The number of ketones is 1. The van der Waals surface area contributed by atoms with Crippen LogP contribution in [-0.2, 0) is 19.1 Å². The molecular weight excluding hydrogens is 482 g/mol. The Hall–Kier alpha value is -4.67. The fraction of sp³-hybridized carbons (Fsp3) is 0.148. The van der Waals surface area contributed by atoms with Crippen LogP contribution in [0.5, 0.6) is 0 Å². The first-order chi connectivity index (χ1) is 17.7. The molecule has 0 aliphatic rings. The van der Waals surface area contributed by atoms with Crippen molar-refractivity contribution < 1.29 is 43.7 Å². The molecule has 1 amide bonds. The lowest BCUT2D eigenvalue weighted by atomic mass is 9.98. The summed E-state index contributed by atoms with van der Waals surface area (Å²) in [7, 11) is 0. The van der Waals surface area contributed by atoms with Crippen LogP contribution >= 0.6 is 0 Å². The van der Waals surface area contributed by atoms with Gasteiger partial charge in [-0.05, 0) is 18.2 Å². The van der Waals surface area contributed by atoms with E-state index in [1.165, 1.54) is 48.5 Å². The van der Waals surface area contributed by atoms with Crippen LogP contribution in [0.15, 0.2) is 84.9 Å². The van der Waals surface area contributed by atoms with Gasteiger partial charge < -0.3 is 25.4 Å². The smallest absolute Gasteiger partial charge is 0.339 e. The van der Waals surface area contributed by atoms with Gasteiger partial charge in [0.1, 0.15) is 6.10 Å². The quantitative estimate of drug-likeness (QED) is 0.196. The largest absolute Gasteiger partial charge is 0.451 e. The minimum Gasteiger partial charge on any atom is -0.451 e. The van der Waals surface area contributed by atoms with Crippen molar-refractivity contribution in [1.82, 2.24) is 0 Å². The molecule has 4 N–H and O–H groups in total. The number of esters is 2. The second kappa shape index (κ2) is 12.3. The van der Waals surface area contributed by atoms with Crippen LogP contribution in [0.3, 0.4) is 0 Å². The number of hydrogen-bond acceptors (Lipinski definition) is 9. The number of amides is 1. The molecule has 4 atom stereocenters. The van der Waals surface area contributed by atoms with Gasteiger partial charge in [0.15, 0.2) is 30.4 Å². The van der Waals surface area contributed by atoms with Gasteiger partial charge in [-0.3, -0.25) is 14.4 Å². The van der Waals surface area contributed by atoms with Gasteiger partial charge in [0.2, 0.25) is 5.91 Å². The standard InChI is InChI=1S/C27H23NO9/c28-25(33)23(32)22(31)24(37-26(34)17-11-5-2-6-12-17)20(15-29)36-27(35)19-14-8-7-13-18(19)21(30)16-9-3-1-4-10-16/h1-15,20,22-24,31-32H,(H2,28,33)/t20-,22-,23-,24+/m0/s1. The number of aliphatic hydroxyl groups excluding tert-OH is 2. The molecule has 0 spiro atoms. The van der Waals surface area contributed by atoms with Crippen molar-refractivity contribution in [2.45, 2.75) is 24.4 Å². The highest BCUT2D eigenvalue weighted by molar-refractivity contribution is 6.14. The second-order valence-electron chi connectivity index (χ2n) is 7.82. The summed E-state index contributed by atoms with van der Waals surface area (Å²) in [6, 6.07) is 21.2. The van der Waals surface area contributed by atoms with Gasteiger partial charge in [0.25, 0.3) is 0 Å². The van der Waals surface area contributed by atoms with E-state index < -0.39 is 48.0 Å². The fourth-order valence-electron chi connectivity index (χ4n) is 3.41.